The van der Waals surface area contributed by atoms with E-state index in [1.165, 1.54) is 36.1 Å². The molecule has 0 heterocycles. The lowest BCUT2D eigenvalue weighted by Gasteiger charge is -2.20. The van der Waals surface area contributed by atoms with Gasteiger partial charge in [-0.1, -0.05) is 18.2 Å². The minimum atomic E-state index is -0.408. The van der Waals surface area contributed by atoms with Crippen LogP contribution in [0.5, 0.6) is 11.5 Å². The van der Waals surface area contributed by atoms with Crippen molar-refractivity contribution in [2.45, 2.75) is 6.92 Å². The number of benzene rings is 3. The SMILES string of the molecule is CC(=O)N(CC(=O)Nc1ccc(Oc2ccccc2)cc1)c1ccc(F)cc1. The van der Waals surface area contributed by atoms with E-state index in [4.69, 9.17) is 4.74 Å². The first kappa shape index (κ1) is 19.1. The quantitative estimate of drug-likeness (QED) is 0.681. The third kappa shape index (κ3) is 5.17. The van der Waals surface area contributed by atoms with Crippen LogP contribution in [0.2, 0.25) is 0 Å². The Kier molecular flexibility index (Phi) is 6.01. The van der Waals surface area contributed by atoms with Crippen LogP contribution in [0, 0.1) is 5.82 Å². The number of anilines is 2. The first-order valence-electron chi connectivity index (χ1n) is 8.68. The van der Waals surface area contributed by atoms with E-state index in [0.29, 0.717) is 17.1 Å². The minimum Gasteiger partial charge on any atom is -0.457 e. The molecule has 0 bridgehead atoms. The van der Waals surface area contributed by atoms with Crippen LogP contribution in [0.1, 0.15) is 6.92 Å². The molecule has 2 amide bonds. The molecule has 0 atom stereocenters. The summed E-state index contributed by atoms with van der Waals surface area (Å²) in [6, 6.07) is 21.7. The number of ether oxygens (including phenoxy) is 1. The number of carbonyl (C=O) groups excluding carboxylic acids is 2. The maximum Gasteiger partial charge on any atom is 0.244 e. The van der Waals surface area contributed by atoms with Crippen LogP contribution in [0.15, 0.2) is 78.9 Å². The summed E-state index contributed by atoms with van der Waals surface area (Å²) >= 11 is 0. The van der Waals surface area contributed by atoms with Crippen molar-refractivity contribution in [1.82, 2.24) is 0 Å². The van der Waals surface area contributed by atoms with Crippen LogP contribution < -0.4 is 15.0 Å². The highest BCUT2D eigenvalue weighted by Gasteiger charge is 2.16. The standard InChI is InChI=1S/C22H19FN2O3/c1-16(26)25(19-11-7-17(23)8-12-19)15-22(27)24-18-9-13-21(14-10-18)28-20-5-3-2-4-6-20/h2-14H,15H2,1H3,(H,24,27). The minimum absolute atomic E-state index is 0.177. The highest BCUT2D eigenvalue weighted by Crippen LogP contribution is 2.22. The van der Waals surface area contributed by atoms with Gasteiger partial charge in [0.2, 0.25) is 11.8 Å². The lowest BCUT2D eigenvalue weighted by molar-refractivity contribution is -0.120. The Bertz CT molecular complexity index is 942. The average molecular weight is 378 g/mol. The molecule has 0 aliphatic carbocycles. The molecule has 6 heteroatoms. The van der Waals surface area contributed by atoms with Crippen molar-refractivity contribution in [3.05, 3.63) is 84.7 Å². The number of hydrogen-bond donors (Lipinski definition) is 1. The molecule has 3 rings (SSSR count). The molecular weight excluding hydrogens is 359 g/mol. The van der Waals surface area contributed by atoms with Crippen molar-refractivity contribution in [3.8, 4) is 11.5 Å². The fourth-order valence-corrected chi connectivity index (χ4v) is 2.58. The van der Waals surface area contributed by atoms with Crippen LogP contribution >= 0.6 is 0 Å². The number of nitrogens with zero attached hydrogens (tertiary/aromatic N) is 1. The smallest absolute Gasteiger partial charge is 0.244 e. The monoisotopic (exact) mass is 378 g/mol. The van der Waals surface area contributed by atoms with Gasteiger partial charge in [0.25, 0.3) is 0 Å². The number of nitrogens with one attached hydrogen (secondary N) is 1. The Hall–Kier alpha value is -3.67. The van der Waals surface area contributed by atoms with E-state index in [9.17, 15) is 14.0 Å². The van der Waals surface area contributed by atoms with Crippen LogP contribution in [-0.2, 0) is 9.59 Å². The summed E-state index contributed by atoms with van der Waals surface area (Å²) in [7, 11) is 0. The van der Waals surface area contributed by atoms with Gasteiger partial charge in [0, 0.05) is 18.3 Å². The predicted molar refractivity (Wildman–Crippen MR) is 106 cm³/mol. The molecule has 0 fully saturated rings. The molecule has 3 aromatic carbocycles. The third-order valence-electron chi connectivity index (χ3n) is 3.94. The number of carbonyl (C=O) groups is 2. The van der Waals surface area contributed by atoms with Crippen molar-refractivity contribution < 1.29 is 18.7 Å². The van der Waals surface area contributed by atoms with Gasteiger partial charge in [0.15, 0.2) is 0 Å². The van der Waals surface area contributed by atoms with Gasteiger partial charge in [-0.15, -0.1) is 0 Å². The molecule has 0 aliphatic rings. The van der Waals surface area contributed by atoms with Crippen molar-refractivity contribution in [1.29, 1.82) is 0 Å². The van der Waals surface area contributed by atoms with E-state index < -0.39 is 5.82 Å². The molecule has 1 N–H and O–H groups in total. The zero-order chi connectivity index (χ0) is 19.9. The van der Waals surface area contributed by atoms with Crippen molar-refractivity contribution in [3.63, 3.8) is 0 Å². The number of rotatable bonds is 6. The fraction of sp³-hybridized carbons (Fsp3) is 0.0909. The molecule has 3 aromatic rings. The van der Waals surface area contributed by atoms with E-state index in [0.717, 1.165) is 5.75 Å². The molecule has 0 saturated carbocycles. The van der Waals surface area contributed by atoms with E-state index >= 15 is 0 Å². The Labute approximate surface area is 162 Å². The van der Waals surface area contributed by atoms with Gasteiger partial charge in [0.05, 0.1) is 0 Å². The summed E-state index contributed by atoms with van der Waals surface area (Å²) in [6.45, 7) is 1.18. The Morgan fingerprint density at radius 3 is 2.11 bits per heavy atom. The molecular formula is C22H19FN2O3. The second-order valence-corrected chi connectivity index (χ2v) is 6.07. The zero-order valence-corrected chi connectivity index (χ0v) is 15.3. The molecule has 0 spiro atoms. The lowest BCUT2D eigenvalue weighted by Crippen LogP contribution is -2.36. The van der Waals surface area contributed by atoms with Crippen LogP contribution in [0.4, 0.5) is 15.8 Å². The summed E-state index contributed by atoms with van der Waals surface area (Å²) in [4.78, 5) is 25.5. The van der Waals surface area contributed by atoms with Gasteiger partial charge in [-0.3, -0.25) is 9.59 Å². The number of para-hydroxylation sites is 1. The van der Waals surface area contributed by atoms with E-state index in [-0.39, 0.29) is 18.4 Å². The Balaban J connectivity index is 1.61. The van der Waals surface area contributed by atoms with Gasteiger partial charge in [0.1, 0.15) is 23.9 Å². The van der Waals surface area contributed by atoms with Crippen molar-refractivity contribution in [2.75, 3.05) is 16.8 Å². The summed E-state index contributed by atoms with van der Waals surface area (Å²) in [6.07, 6.45) is 0. The third-order valence-corrected chi connectivity index (χ3v) is 3.94. The summed E-state index contributed by atoms with van der Waals surface area (Å²) < 4.78 is 18.8. The largest absolute Gasteiger partial charge is 0.457 e. The number of amides is 2. The molecule has 0 aromatic heterocycles. The van der Waals surface area contributed by atoms with Crippen molar-refractivity contribution in [2.24, 2.45) is 0 Å². The van der Waals surface area contributed by atoms with Crippen LogP contribution in [0.3, 0.4) is 0 Å². The summed E-state index contributed by atoms with van der Waals surface area (Å²) in [5, 5.41) is 2.74. The van der Waals surface area contributed by atoms with Gasteiger partial charge >= 0.3 is 0 Å². The highest BCUT2D eigenvalue weighted by molar-refractivity contribution is 6.01. The Morgan fingerprint density at radius 1 is 0.893 bits per heavy atom. The highest BCUT2D eigenvalue weighted by atomic mass is 19.1. The van der Waals surface area contributed by atoms with Gasteiger partial charge in [-0.2, -0.15) is 0 Å². The predicted octanol–water partition coefficient (Wildman–Crippen LogP) is 4.61. The Morgan fingerprint density at radius 2 is 1.50 bits per heavy atom. The number of hydrogen-bond acceptors (Lipinski definition) is 3. The fourth-order valence-electron chi connectivity index (χ4n) is 2.58. The molecule has 0 saturated heterocycles. The van der Waals surface area contributed by atoms with Gasteiger partial charge in [-0.05, 0) is 60.7 Å². The second-order valence-electron chi connectivity index (χ2n) is 6.07. The first-order chi connectivity index (χ1) is 13.5. The topological polar surface area (TPSA) is 58.6 Å². The maximum absolute atomic E-state index is 13.1. The van der Waals surface area contributed by atoms with E-state index in [2.05, 4.69) is 5.32 Å². The number of halogens is 1. The van der Waals surface area contributed by atoms with E-state index in [1.807, 2.05) is 30.3 Å². The van der Waals surface area contributed by atoms with Gasteiger partial charge in [-0.25, -0.2) is 4.39 Å². The molecule has 0 radical (unpaired) electrons. The van der Waals surface area contributed by atoms with E-state index in [1.54, 1.807) is 24.3 Å². The van der Waals surface area contributed by atoms with Crippen molar-refractivity contribution >= 4 is 23.2 Å². The molecule has 0 unspecified atom stereocenters. The average Bonchev–Trinajstić information content (AvgIpc) is 2.69. The second kappa shape index (κ2) is 8.81. The van der Waals surface area contributed by atoms with Gasteiger partial charge < -0.3 is 15.0 Å². The normalized spacial score (nSPS) is 10.2. The molecule has 28 heavy (non-hydrogen) atoms. The maximum atomic E-state index is 13.1. The van der Waals surface area contributed by atoms with Crippen LogP contribution in [-0.4, -0.2) is 18.4 Å². The lowest BCUT2D eigenvalue weighted by atomic mass is 10.2. The summed E-state index contributed by atoms with van der Waals surface area (Å²) in [5.74, 6) is 0.274. The summed E-state index contributed by atoms with van der Waals surface area (Å²) in [5.41, 5.74) is 1.03. The first-order valence-corrected chi connectivity index (χ1v) is 8.68. The molecule has 142 valence electrons. The molecule has 5 nitrogen and oxygen atoms in total. The molecule has 0 aliphatic heterocycles. The zero-order valence-electron chi connectivity index (χ0n) is 15.3. The van der Waals surface area contributed by atoms with Crippen LogP contribution in [0.25, 0.3) is 0 Å².